The summed E-state index contributed by atoms with van der Waals surface area (Å²) in [5.41, 5.74) is 0.109. The normalized spacial score (nSPS) is 14.6. The Balaban J connectivity index is 1.70. The molecule has 198 valence electrons. The summed E-state index contributed by atoms with van der Waals surface area (Å²) in [6.45, 7) is 3.13. The fourth-order valence-corrected chi connectivity index (χ4v) is 4.44. The number of amides is 1. The van der Waals surface area contributed by atoms with Gasteiger partial charge in [-0.05, 0) is 31.7 Å². The van der Waals surface area contributed by atoms with Crippen LogP contribution in [0.5, 0.6) is 5.88 Å². The lowest BCUT2D eigenvalue weighted by atomic mass is 9.89. The topological polar surface area (TPSA) is 80.2 Å². The molecule has 4 rings (SSSR count). The van der Waals surface area contributed by atoms with Crippen LogP contribution in [0.3, 0.4) is 0 Å². The number of hydrogen-bond acceptors (Lipinski definition) is 6. The molecule has 3 aromatic rings. The number of nitrogens with zero attached hydrogens (tertiary/aromatic N) is 4. The van der Waals surface area contributed by atoms with Gasteiger partial charge in [-0.25, -0.2) is 31.9 Å². The highest BCUT2D eigenvalue weighted by Crippen LogP contribution is 2.37. The maximum atomic E-state index is 14.5. The van der Waals surface area contributed by atoms with Crippen molar-refractivity contribution in [3.63, 3.8) is 0 Å². The van der Waals surface area contributed by atoms with Crippen LogP contribution in [0.15, 0.2) is 24.3 Å². The van der Waals surface area contributed by atoms with E-state index < -0.39 is 30.8 Å². The van der Waals surface area contributed by atoms with Gasteiger partial charge in [-0.2, -0.15) is 4.98 Å². The number of hydrogen-bond donors (Lipinski definition) is 1. The van der Waals surface area contributed by atoms with Gasteiger partial charge in [0.15, 0.2) is 12.3 Å². The molecule has 7 nitrogen and oxygen atoms in total. The van der Waals surface area contributed by atoms with E-state index in [0.29, 0.717) is 48.5 Å². The molecule has 1 saturated heterocycles. The molecule has 12 heteroatoms. The van der Waals surface area contributed by atoms with Crippen LogP contribution in [0.4, 0.5) is 27.8 Å². The number of aryl methyl sites for hydroxylation is 1. The number of ether oxygens (including phenoxy) is 1. The van der Waals surface area contributed by atoms with Gasteiger partial charge in [-0.1, -0.05) is 18.2 Å². The number of likely N-dealkylation sites (tertiary alicyclic amines) is 1. The van der Waals surface area contributed by atoms with Crippen molar-refractivity contribution in [1.29, 1.82) is 0 Å². The average molecular weight is 524 g/mol. The number of fused-ring (bicyclic) bond motifs is 1. The van der Waals surface area contributed by atoms with Crippen molar-refractivity contribution in [2.75, 3.05) is 25.0 Å². The predicted molar refractivity (Wildman–Crippen MR) is 126 cm³/mol. The van der Waals surface area contributed by atoms with E-state index in [1.807, 2.05) is 0 Å². The van der Waals surface area contributed by atoms with Gasteiger partial charge in [-0.3, -0.25) is 4.79 Å². The van der Waals surface area contributed by atoms with Gasteiger partial charge in [0.25, 0.3) is 12.9 Å². The summed E-state index contributed by atoms with van der Waals surface area (Å²) in [5.74, 6) is -0.517. The Morgan fingerprint density at radius 1 is 1.16 bits per heavy atom. The van der Waals surface area contributed by atoms with E-state index in [9.17, 15) is 26.7 Å². The Morgan fingerprint density at radius 2 is 1.89 bits per heavy atom. The molecular formula is C25H26F5N5O2. The molecule has 1 aromatic carbocycles. The molecule has 1 aliphatic rings. The SMILES string of the molecule is CC(=O)N1CCC(c2cc3c(NCc4cccc(C(F)F)c4F)nc(C)nc3nc2OCC(F)F)CC1. The van der Waals surface area contributed by atoms with Crippen molar-refractivity contribution in [3.8, 4) is 5.88 Å². The van der Waals surface area contributed by atoms with Gasteiger partial charge >= 0.3 is 0 Å². The third-order valence-electron chi connectivity index (χ3n) is 6.31. The maximum absolute atomic E-state index is 14.5. The van der Waals surface area contributed by atoms with Gasteiger partial charge in [-0.15, -0.1) is 0 Å². The third kappa shape index (κ3) is 6.05. The zero-order valence-electron chi connectivity index (χ0n) is 20.3. The predicted octanol–water partition coefficient (Wildman–Crippen LogP) is 5.39. The van der Waals surface area contributed by atoms with Crippen molar-refractivity contribution in [1.82, 2.24) is 19.9 Å². The highest BCUT2D eigenvalue weighted by atomic mass is 19.3. The highest BCUT2D eigenvalue weighted by Gasteiger charge is 2.27. The minimum absolute atomic E-state index is 0.0314. The molecule has 37 heavy (non-hydrogen) atoms. The van der Waals surface area contributed by atoms with Gasteiger partial charge < -0.3 is 15.0 Å². The van der Waals surface area contributed by atoms with Gasteiger partial charge in [0, 0.05) is 37.7 Å². The second-order valence-electron chi connectivity index (χ2n) is 8.83. The fourth-order valence-electron chi connectivity index (χ4n) is 4.44. The second-order valence-corrected chi connectivity index (χ2v) is 8.83. The molecule has 1 fully saturated rings. The zero-order chi connectivity index (χ0) is 26.7. The van der Waals surface area contributed by atoms with E-state index in [2.05, 4.69) is 20.3 Å². The lowest BCUT2D eigenvalue weighted by Gasteiger charge is -2.32. The van der Waals surface area contributed by atoms with Crippen LogP contribution in [0, 0.1) is 12.7 Å². The van der Waals surface area contributed by atoms with Crippen molar-refractivity contribution < 1.29 is 31.5 Å². The summed E-state index contributed by atoms with van der Waals surface area (Å²) in [6, 6.07) is 5.49. The quantitative estimate of drug-likeness (QED) is 0.399. The van der Waals surface area contributed by atoms with Gasteiger partial charge in [0.1, 0.15) is 17.5 Å². The lowest BCUT2D eigenvalue weighted by Crippen LogP contribution is -2.36. The number of carbonyl (C=O) groups is 1. The second kappa shape index (κ2) is 11.2. The standard InChI is InChI=1S/C25H26F5N5O2/c1-13-32-23(31-11-16-4-3-5-17(21(16)28)22(29)30)19-10-18(15-6-8-35(9-7-15)14(2)36)25(34-24(19)33-13)37-12-20(26)27/h3-5,10,15,20,22H,6-9,11-12H2,1-2H3,(H,31,32,33,34). The zero-order valence-corrected chi connectivity index (χ0v) is 20.3. The Labute approximate surface area is 210 Å². The molecule has 0 unspecified atom stereocenters. The largest absolute Gasteiger partial charge is 0.471 e. The number of aromatic nitrogens is 3. The minimum Gasteiger partial charge on any atom is -0.471 e. The molecule has 1 amide bonds. The molecule has 0 bridgehead atoms. The molecule has 3 heterocycles. The first kappa shape index (κ1) is 26.5. The first-order valence-electron chi connectivity index (χ1n) is 11.8. The van der Waals surface area contributed by atoms with Crippen LogP contribution in [-0.4, -0.2) is 51.9 Å². The number of alkyl halides is 4. The number of anilines is 1. The smallest absolute Gasteiger partial charge is 0.272 e. The average Bonchev–Trinajstić information content (AvgIpc) is 2.86. The van der Waals surface area contributed by atoms with Crippen LogP contribution in [0.2, 0.25) is 0 Å². The van der Waals surface area contributed by atoms with Crippen molar-refractivity contribution >= 4 is 22.8 Å². The first-order chi connectivity index (χ1) is 17.6. The fraction of sp³-hybridized carbons (Fsp3) is 0.440. The minimum atomic E-state index is -2.95. The molecule has 0 atom stereocenters. The summed E-state index contributed by atoms with van der Waals surface area (Å²) in [6.07, 6.45) is -4.49. The molecule has 0 radical (unpaired) electrons. The van der Waals surface area contributed by atoms with Crippen LogP contribution < -0.4 is 10.1 Å². The third-order valence-corrected chi connectivity index (χ3v) is 6.31. The lowest BCUT2D eigenvalue weighted by molar-refractivity contribution is -0.129. The van der Waals surface area contributed by atoms with Crippen LogP contribution >= 0.6 is 0 Å². The Hall–Kier alpha value is -3.57. The Morgan fingerprint density at radius 3 is 2.54 bits per heavy atom. The van der Waals surface area contributed by atoms with Crippen molar-refractivity contribution in [2.24, 2.45) is 0 Å². The molecule has 1 N–H and O–H groups in total. The van der Waals surface area contributed by atoms with Crippen LogP contribution in [0.25, 0.3) is 11.0 Å². The number of nitrogens with one attached hydrogen (secondary N) is 1. The van der Waals surface area contributed by atoms with E-state index in [-0.39, 0.29) is 35.5 Å². The number of pyridine rings is 1. The maximum Gasteiger partial charge on any atom is 0.272 e. The number of benzene rings is 1. The summed E-state index contributed by atoms with van der Waals surface area (Å²) in [7, 11) is 0. The Kier molecular flexibility index (Phi) is 8.03. The van der Waals surface area contributed by atoms with Gasteiger partial charge in [0.2, 0.25) is 11.8 Å². The number of carbonyl (C=O) groups excluding carboxylic acids is 1. The summed E-state index contributed by atoms with van der Waals surface area (Å²) in [4.78, 5) is 26.5. The first-order valence-corrected chi connectivity index (χ1v) is 11.8. The molecule has 0 saturated carbocycles. The number of rotatable bonds is 8. The van der Waals surface area contributed by atoms with Crippen LogP contribution in [0.1, 0.15) is 54.6 Å². The monoisotopic (exact) mass is 523 g/mol. The summed E-state index contributed by atoms with van der Waals surface area (Å²) in [5, 5.41) is 3.43. The van der Waals surface area contributed by atoms with E-state index in [4.69, 9.17) is 4.74 Å². The van der Waals surface area contributed by atoms with Crippen LogP contribution in [-0.2, 0) is 11.3 Å². The molecule has 0 aliphatic carbocycles. The van der Waals surface area contributed by atoms with Crippen molar-refractivity contribution in [3.05, 3.63) is 52.6 Å². The number of halogens is 5. The van der Waals surface area contributed by atoms with E-state index in [1.165, 1.54) is 19.1 Å². The molecule has 2 aromatic heterocycles. The molecular weight excluding hydrogens is 497 g/mol. The van der Waals surface area contributed by atoms with Crippen molar-refractivity contribution in [2.45, 2.75) is 52.0 Å². The Bertz CT molecular complexity index is 1280. The summed E-state index contributed by atoms with van der Waals surface area (Å²) < 4.78 is 72.0. The van der Waals surface area contributed by atoms with E-state index >= 15 is 0 Å². The van der Waals surface area contributed by atoms with E-state index in [0.717, 1.165) is 6.07 Å². The summed E-state index contributed by atoms with van der Waals surface area (Å²) >= 11 is 0. The number of piperidine rings is 1. The molecule has 0 spiro atoms. The highest BCUT2D eigenvalue weighted by molar-refractivity contribution is 5.87. The van der Waals surface area contributed by atoms with Gasteiger partial charge in [0.05, 0.1) is 10.9 Å². The molecule has 1 aliphatic heterocycles. The van der Waals surface area contributed by atoms with E-state index in [1.54, 1.807) is 17.9 Å².